The van der Waals surface area contributed by atoms with Crippen molar-refractivity contribution in [2.75, 3.05) is 5.73 Å². The lowest BCUT2D eigenvalue weighted by Gasteiger charge is -2.01. The quantitative estimate of drug-likeness (QED) is 0.798. The number of pyridine rings is 1. The maximum absolute atomic E-state index is 8.87. The molecule has 0 aliphatic heterocycles. The molecular weight excluding hydrogens is 206 g/mol. The Kier molecular flexibility index (Phi) is 2.33. The summed E-state index contributed by atoms with van der Waals surface area (Å²) in [5.74, 6) is 0. The van der Waals surface area contributed by atoms with E-state index in [1.807, 2.05) is 13.0 Å². The summed E-state index contributed by atoms with van der Waals surface area (Å²) in [5, 5.41) is 9.78. The van der Waals surface area contributed by atoms with Crippen LogP contribution in [0.1, 0.15) is 23.1 Å². The van der Waals surface area contributed by atoms with Crippen molar-refractivity contribution in [1.82, 2.24) is 4.98 Å². The van der Waals surface area contributed by atoms with E-state index in [0.717, 1.165) is 27.9 Å². The Morgan fingerprint density at radius 2 is 2.33 bits per heavy atom. The van der Waals surface area contributed by atoms with Gasteiger partial charge < -0.3 is 5.73 Å². The zero-order valence-electron chi connectivity index (χ0n) is 8.66. The van der Waals surface area contributed by atoms with Crippen molar-refractivity contribution < 1.29 is 0 Å². The number of aryl methyl sites for hydroxylation is 2. The molecule has 2 N–H and O–H groups in total. The van der Waals surface area contributed by atoms with Crippen LogP contribution in [0.25, 0.3) is 10.2 Å². The molecule has 4 heteroatoms. The predicted octanol–water partition coefficient (Wildman–Crippen LogP) is 2.62. The van der Waals surface area contributed by atoms with Crippen LogP contribution in [0.3, 0.4) is 0 Å². The molecule has 2 heterocycles. The summed E-state index contributed by atoms with van der Waals surface area (Å²) in [6.45, 7) is 4.10. The second-order valence-electron chi connectivity index (χ2n) is 3.41. The maximum Gasteiger partial charge on any atom is 0.130 e. The van der Waals surface area contributed by atoms with E-state index in [2.05, 4.69) is 18.0 Å². The van der Waals surface area contributed by atoms with Gasteiger partial charge in [0.25, 0.3) is 0 Å². The van der Waals surface area contributed by atoms with E-state index < -0.39 is 0 Å². The van der Waals surface area contributed by atoms with E-state index in [1.54, 1.807) is 0 Å². The Labute approximate surface area is 92.2 Å². The number of nitriles is 1. The van der Waals surface area contributed by atoms with Gasteiger partial charge in [-0.1, -0.05) is 6.92 Å². The standard InChI is InChI=1S/C11H11N3S/c1-3-8-6(2)4-7-10(13)9(5-12)15-11(7)14-8/h4H,3,13H2,1-2H3. The number of fused-ring (bicyclic) bond motifs is 1. The van der Waals surface area contributed by atoms with E-state index in [0.29, 0.717) is 10.6 Å². The zero-order chi connectivity index (χ0) is 11.0. The monoisotopic (exact) mass is 217 g/mol. The summed E-state index contributed by atoms with van der Waals surface area (Å²) in [7, 11) is 0. The zero-order valence-corrected chi connectivity index (χ0v) is 9.48. The molecule has 0 radical (unpaired) electrons. The van der Waals surface area contributed by atoms with Gasteiger partial charge in [0, 0.05) is 11.1 Å². The number of thiophene rings is 1. The Morgan fingerprint density at radius 1 is 1.60 bits per heavy atom. The molecule has 3 nitrogen and oxygen atoms in total. The van der Waals surface area contributed by atoms with Crippen molar-refractivity contribution >= 4 is 27.2 Å². The first kappa shape index (κ1) is 9.94. The predicted molar refractivity (Wildman–Crippen MR) is 62.9 cm³/mol. The Balaban J connectivity index is 2.80. The lowest BCUT2D eigenvalue weighted by molar-refractivity contribution is 1.03. The molecule has 0 amide bonds. The highest BCUT2D eigenvalue weighted by Crippen LogP contribution is 2.32. The lowest BCUT2D eigenvalue weighted by Crippen LogP contribution is -1.92. The van der Waals surface area contributed by atoms with Gasteiger partial charge in [0.05, 0.1) is 5.69 Å². The molecule has 2 aromatic rings. The van der Waals surface area contributed by atoms with Crippen molar-refractivity contribution in [3.8, 4) is 6.07 Å². The molecule has 0 saturated carbocycles. The number of nitrogens with zero attached hydrogens (tertiary/aromatic N) is 2. The minimum atomic E-state index is 0.560. The maximum atomic E-state index is 8.87. The summed E-state index contributed by atoms with van der Waals surface area (Å²) < 4.78 is 0. The number of hydrogen-bond donors (Lipinski definition) is 1. The number of nitrogen functional groups attached to an aromatic ring is 1. The number of aromatic nitrogens is 1. The molecule has 0 aliphatic rings. The van der Waals surface area contributed by atoms with Gasteiger partial charge in [-0.05, 0) is 25.0 Å². The molecule has 0 fully saturated rings. The van der Waals surface area contributed by atoms with E-state index >= 15 is 0 Å². The molecule has 0 aliphatic carbocycles. The molecule has 2 rings (SSSR count). The van der Waals surface area contributed by atoms with Crippen molar-refractivity contribution in [3.63, 3.8) is 0 Å². The number of anilines is 1. The fraction of sp³-hybridized carbons (Fsp3) is 0.273. The third-order valence-electron chi connectivity index (χ3n) is 2.45. The first-order chi connectivity index (χ1) is 7.17. The summed E-state index contributed by atoms with van der Waals surface area (Å²) in [6, 6.07) is 4.12. The van der Waals surface area contributed by atoms with Gasteiger partial charge >= 0.3 is 0 Å². The lowest BCUT2D eigenvalue weighted by atomic mass is 10.1. The number of rotatable bonds is 1. The molecule has 0 unspecified atom stereocenters. The molecule has 0 spiro atoms. The van der Waals surface area contributed by atoms with Gasteiger partial charge in [-0.15, -0.1) is 11.3 Å². The van der Waals surface area contributed by atoms with Gasteiger partial charge in [-0.25, -0.2) is 4.98 Å². The Morgan fingerprint density at radius 3 is 2.93 bits per heavy atom. The van der Waals surface area contributed by atoms with Crippen LogP contribution in [0.5, 0.6) is 0 Å². The van der Waals surface area contributed by atoms with Crippen LogP contribution in [0.15, 0.2) is 6.07 Å². The van der Waals surface area contributed by atoms with Crippen LogP contribution in [0, 0.1) is 18.3 Å². The fourth-order valence-corrected chi connectivity index (χ4v) is 2.51. The van der Waals surface area contributed by atoms with Gasteiger partial charge in [0.15, 0.2) is 0 Å². The third kappa shape index (κ3) is 1.45. The summed E-state index contributed by atoms with van der Waals surface area (Å²) in [4.78, 5) is 5.94. The molecule has 15 heavy (non-hydrogen) atoms. The topological polar surface area (TPSA) is 62.7 Å². The van der Waals surface area contributed by atoms with Gasteiger partial charge in [-0.3, -0.25) is 0 Å². The Bertz CT molecular complexity index is 563. The summed E-state index contributed by atoms with van der Waals surface area (Å²) >= 11 is 1.36. The summed E-state index contributed by atoms with van der Waals surface area (Å²) in [6.07, 6.45) is 0.904. The molecule has 0 bridgehead atoms. The average molecular weight is 217 g/mol. The third-order valence-corrected chi connectivity index (χ3v) is 3.47. The van der Waals surface area contributed by atoms with Crippen LogP contribution < -0.4 is 5.73 Å². The molecular formula is C11H11N3S. The minimum Gasteiger partial charge on any atom is -0.396 e. The van der Waals surface area contributed by atoms with Gasteiger partial charge in [0.1, 0.15) is 15.8 Å². The highest BCUT2D eigenvalue weighted by Gasteiger charge is 2.11. The highest BCUT2D eigenvalue weighted by molar-refractivity contribution is 7.19. The second kappa shape index (κ2) is 3.52. The molecule has 2 aromatic heterocycles. The number of nitrogens with two attached hydrogens (primary N) is 1. The van der Waals surface area contributed by atoms with Crippen LogP contribution in [0.2, 0.25) is 0 Å². The van der Waals surface area contributed by atoms with Gasteiger partial charge in [-0.2, -0.15) is 5.26 Å². The smallest absolute Gasteiger partial charge is 0.130 e. The fourth-order valence-electron chi connectivity index (χ4n) is 1.62. The van der Waals surface area contributed by atoms with Crippen LogP contribution in [-0.4, -0.2) is 4.98 Å². The van der Waals surface area contributed by atoms with Crippen LogP contribution in [-0.2, 0) is 6.42 Å². The van der Waals surface area contributed by atoms with E-state index in [1.165, 1.54) is 11.3 Å². The second-order valence-corrected chi connectivity index (χ2v) is 4.41. The largest absolute Gasteiger partial charge is 0.396 e. The first-order valence-corrected chi connectivity index (χ1v) is 5.57. The first-order valence-electron chi connectivity index (χ1n) is 4.76. The van der Waals surface area contributed by atoms with Gasteiger partial charge in [0.2, 0.25) is 0 Å². The SMILES string of the molecule is CCc1nc2sc(C#N)c(N)c2cc1C. The Hall–Kier alpha value is -1.60. The van der Waals surface area contributed by atoms with E-state index in [4.69, 9.17) is 11.0 Å². The molecule has 0 aromatic carbocycles. The molecule has 76 valence electrons. The van der Waals surface area contributed by atoms with Crippen molar-refractivity contribution in [2.24, 2.45) is 0 Å². The van der Waals surface area contributed by atoms with E-state index in [9.17, 15) is 0 Å². The average Bonchev–Trinajstić information content (AvgIpc) is 2.54. The summed E-state index contributed by atoms with van der Waals surface area (Å²) in [5.41, 5.74) is 8.64. The molecule has 0 saturated heterocycles. The molecule has 0 atom stereocenters. The minimum absolute atomic E-state index is 0.560. The van der Waals surface area contributed by atoms with E-state index in [-0.39, 0.29) is 0 Å². The van der Waals surface area contributed by atoms with Crippen LogP contribution in [0.4, 0.5) is 5.69 Å². The highest BCUT2D eigenvalue weighted by atomic mass is 32.1. The van der Waals surface area contributed by atoms with Crippen molar-refractivity contribution in [2.45, 2.75) is 20.3 Å². The number of hydrogen-bond acceptors (Lipinski definition) is 4. The van der Waals surface area contributed by atoms with Crippen molar-refractivity contribution in [3.05, 3.63) is 22.2 Å². The normalized spacial score (nSPS) is 10.5. The van der Waals surface area contributed by atoms with Crippen molar-refractivity contribution in [1.29, 1.82) is 5.26 Å². The van der Waals surface area contributed by atoms with Crippen LogP contribution >= 0.6 is 11.3 Å².